The zero-order valence-corrected chi connectivity index (χ0v) is 12.6. The lowest BCUT2D eigenvalue weighted by Gasteiger charge is -2.27. The number of rotatable bonds is 7. The van der Waals surface area contributed by atoms with Crippen LogP contribution in [0.4, 0.5) is 0 Å². The van der Waals surface area contributed by atoms with E-state index in [0.717, 1.165) is 13.0 Å². The molecule has 1 aliphatic heterocycles. The predicted octanol–water partition coefficient (Wildman–Crippen LogP) is 2.47. The Morgan fingerprint density at radius 3 is 2.42 bits per heavy atom. The van der Waals surface area contributed by atoms with Gasteiger partial charge in [0, 0.05) is 19.0 Å². The summed E-state index contributed by atoms with van der Waals surface area (Å²) in [5.74, 6) is 0.0469. The standard InChI is InChI=1S/C15H28N2O2/c1-4-5-6-7-8-9-10-17-12(2)11-14(18)16-13(3)15(17)19/h12-13H,4-11H2,1-3H3,(H,16,18). The Hall–Kier alpha value is -1.06. The topological polar surface area (TPSA) is 49.4 Å². The highest BCUT2D eigenvalue weighted by Crippen LogP contribution is 2.13. The highest BCUT2D eigenvalue weighted by Gasteiger charge is 2.30. The number of carbonyl (C=O) groups excluding carboxylic acids is 2. The molecule has 0 aromatic rings. The molecule has 1 N–H and O–H groups in total. The van der Waals surface area contributed by atoms with Crippen LogP contribution in [0.15, 0.2) is 0 Å². The van der Waals surface area contributed by atoms with Crippen molar-refractivity contribution in [3.8, 4) is 0 Å². The summed E-state index contributed by atoms with van der Waals surface area (Å²) in [7, 11) is 0. The molecule has 4 heteroatoms. The van der Waals surface area contributed by atoms with Gasteiger partial charge in [-0.3, -0.25) is 9.59 Å². The summed E-state index contributed by atoms with van der Waals surface area (Å²) in [6, 6.07) is -0.356. The van der Waals surface area contributed by atoms with Gasteiger partial charge < -0.3 is 10.2 Å². The first-order chi connectivity index (χ1) is 9.06. The van der Waals surface area contributed by atoms with Gasteiger partial charge in [-0.2, -0.15) is 0 Å². The van der Waals surface area contributed by atoms with Crippen molar-refractivity contribution >= 4 is 11.8 Å². The fourth-order valence-corrected chi connectivity index (χ4v) is 2.60. The summed E-state index contributed by atoms with van der Waals surface area (Å²) < 4.78 is 0. The van der Waals surface area contributed by atoms with Crippen molar-refractivity contribution in [3.63, 3.8) is 0 Å². The third-order valence-electron chi connectivity index (χ3n) is 3.80. The lowest BCUT2D eigenvalue weighted by Crippen LogP contribution is -2.45. The third kappa shape index (κ3) is 5.21. The van der Waals surface area contributed by atoms with Crippen molar-refractivity contribution in [1.82, 2.24) is 10.2 Å². The summed E-state index contributed by atoms with van der Waals surface area (Å²) in [5.41, 5.74) is 0. The number of amides is 2. The lowest BCUT2D eigenvalue weighted by atomic mass is 10.1. The molecule has 0 aliphatic carbocycles. The van der Waals surface area contributed by atoms with E-state index in [9.17, 15) is 9.59 Å². The van der Waals surface area contributed by atoms with Gasteiger partial charge in [0.1, 0.15) is 6.04 Å². The molecule has 0 bridgehead atoms. The van der Waals surface area contributed by atoms with E-state index >= 15 is 0 Å². The molecule has 0 radical (unpaired) electrons. The zero-order chi connectivity index (χ0) is 14.3. The van der Waals surface area contributed by atoms with E-state index in [1.807, 2.05) is 11.8 Å². The summed E-state index contributed by atoms with van der Waals surface area (Å²) in [6.07, 6.45) is 7.73. The average molecular weight is 268 g/mol. The Bertz CT molecular complexity index is 305. The monoisotopic (exact) mass is 268 g/mol. The quantitative estimate of drug-likeness (QED) is 0.721. The van der Waals surface area contributed by atoms with Crippen LogP contribution in [-0.2, 0) is 9.59 Å². The van der Waals surface area contributed by atoms with E-state index in [0.29, 0.717) is 6.42 Å². The largest absolute Gasteiger partial charge is 0.345 e. The fraction of sp³-hybridized carbons (Fsp3) is 0.867. The van der Waals surface area contributed by atoms with Crippen molar-refractivity contribution in [2.24, 2.45) is 0 Å². The third-order valence-corrected chi connectivity index (χ3v) is 3.80. The normalized spacial score (nSPS) is 24.3. The number of hydrogen-bond donors (Lipinski definition) is 1. The zero-order valence-electron chi connectivity index (χ0n) is 12.6. The lowest BCUT2D eigenvalue weighted by molar-refractivity contribution is -0.134. The van der Waals surface area contributed by atoms with Gasteiger partial charge in [-0.05, 0) is 20.3 Å². The van der Waals surface area contributed by atoms with Crippen molar-refractivity contribution in [2.75, 3.05) is 6.54 Å². The molecule has 1 fully saturated rings. The van der Waals surface area contributed by atoms with Crippen molar-refractivity contribution in [2.45, 2.75) is 77.8 Å². The van der Waals surface area contributed by atoms with Crippen LogP contribution in [0.25, 0.3) is 0 Å². The van der Waals surface area contributed by atoms with E-state index in [-0.39, 0.29) is 23.9 Å². The molecule has 4 nitrogen and oxygen atoms in total. The van der Waals surface area contributed by atoms with Gasteiger partial charge in [-0.15, -0.1) is 0 Å². The van der Waals surface area contributed by atoms with Gasteiger partial charge >= 0.3 is 0 Å². The Balaban J connectivity index is 2.37. The van der Waals surface area contributed by atoms with Crippen LogP contribution in [0.2, 0.25) is 0 Å². The second-order valence-electron chi connectivity index (χ2n) is 5.64. The molecule has 1 heterocycles. The van der Waals surface area contributed by atoms with Crippen LogP contribution in [-0.4, -0.2) is 35.3 Å². The first-order valence-electron chi connectivity index (χ1n) is 7.66. The number of hydrogen-bond acceptors (Lipinski definition) is 2. The van der Waals surface area contributed by atoms with E-state index in [2.05, 4.69) is 12.2 Å². The number of nitrogens with zero attached hydrogens (tertiary/aromatic N) is 1. The summed E-state index contributed by atoms with van der Waals surface area (Å²) in [5, 5.41) is 2.74. The van der Waals surface area contributed by atoms with Crippen molar-refractivity contribution in [3.05, 3.63) is 0 Å². The van der Waals surface area contributed by atoms with Gasteiger partial charge in [0.05, 0.1) is 0 Å². The summed E-state index contributed by atoms with van der Waals surface area (Å²) in [6.45, 7) is 6.73. The summed E-state index contributed by atoms with van der Waals surface area (Å²) >= 11 is 0. The average Bonchev–Trinajstić information content (AvgIpc) is 2.44. The minimum absolute atomic E-state index is 0.0150. The molecule has 2 unspecified atom stereocenters. The van der Waals surface area contributed by atoms with Gasteiger partial charge in [0.15, 0.2) is 0 Å². The number of unbranched alkanes of at least 4 members (excludes halogenated alkanes) is 5. The number of carbonyl (C=O) groups is 2. The van der Waals surface area contributed by atoms with Crippen LogP contribution in [0.1, 0.15) is 65.7 Å². The Labute approximate surface area is 116 Å². The molecule has 19 heavy (non-hydrogen) atoms. The Kier molecular flexibility index (Phi) is 6.89. The van der Waals surface area contributed by atoms with E-state index in [4.69, 9.17) is 0 Å². The molecule has 0 aromatic carbocycles. The molecule has 1 rings (SSSR count). The van der Waals surface area contributed by atoms with E-state index in [1.54, 1.807) is 6.92 Å². The molecular weight excluding hydrogens is 240 g/mol. The maximum absolute atomic E-state index is 12.2. The van der Waals surface area contributed by atoms with Crippen LogP contribution >= 0.6 is 0 Å². The van der Waals surface area contributed by atoms with Crippen LogP contribution in [0.5, 0.6) is 0 Å². The molecule has 2 atom stereocenters. The fourth-order valence-electron chi connectivity index (χ4n) is 2.60. The molecule has 0 spiro atoms. The molecule has 2 amide bonds. The second kappa shape index (κ2) is 8.18. The Morgan fingerprint density at radius 2 is 1.74 bits per heavy atom. The first kappa shape index (κ1) is 16.0. The van der Waals surface area contributed by atoms with Crippen LogP contribution in [0, 0.1) is 0 Å². The van der Waals surface area contributed by atoms with Gasteiger partial charge in [-0.25, -0.2) is 0 Å². The molecule has 1 saturated heterocycles. The smallest absolute Gasteiger partial charge is 0.245 e. The van der Waals surface area contributed by atoms with Gasteiger partial charge in [-0.1, -0.05) is 39.0 Å². The molecule has 0 saturated carbocycles. The highest BCUT2D eigenvalue weighted by molar-refractivity contribution is 5.90. The SMILES string of the molecule is CCCCCCCCN1C(=O)C(C)NC(=O)CC1C. The molecule has 0 aromatic heterocycles. The maximum atomic E-state index is 12.2. The first-order valence-corrected chi connectivity index (χ1v) is 7.66. The van der Waals surface area contributed by atoms with Gasteiger partial charge in [0.25, 0.3) is 0 Å². The van der Waals surface area contributed by atoms with Gasteiger partial charge in [0.2, 0.25) is 11.8 Å². The van der Waals surface area contributed by atoms with E-state index < -0.39 is 0 Å². The second-order valence-corrected chi connectivity index (χ2v) is 5.64. The Morgan fingerprint density at radius 1 is 1.11 bits per heavy atom. The maximum Gasteiger partial charge on any atom is 0.245 e. The van der Waals surface area contributed by atoms with Crippen LogP contribution in [0.3, 0.4) is 0 Å². The van der Waals surface area contributed by atoms with Crippen LogP contribution < -0.4 is 5.32 Å². The minimum Gasteiger partial charge on any atom is -0.345 e. The number of nitrogens with one attached hydrogen (secondary N) is 1. The van der Waals surface area contributed by atoms with E-state index in [1.165, 1.54) is 32.1 Å². The molecule has 1 aliphatic rings. The molecular formula is C15H28N2O2. The highest BCUT2D eigenvalue weighted by atomic mass is 16.2. The van der Waals surface area contributed by atoms with Crippen molar-refractivity contribution < 1.29 is 9.59 Å². The predicted molar refractivity (Wildman–Crippen MR) is 76.8 cm³/mol. The minimum atomic E-state index is -0.377. The van der Waals surface area contributed by atoms with Crippen molar-refractivity contribution in [1.29, 1.82) is 0 Å². The molecule has 110 valence electrons. The summed E-state index contributed by atoms with van der Waals surface area (Å²) in [4.78, 5) is 25.6.